The van der Waals surface area contributed by atoms with Crippen molar-refractivity contribution in [3.63, 3.8) is 0 Å². The van der Waals surface area contributed by atoms with E-state index in [1.54, 1.807) is 18.2 Å². The Morgan fingerprint density at radius 3 is 2.75 bits per heavy atom. The summed E-state index contributed by atoms with van der Waals surface area (Å²) < 4.78 is 0. The standard InChI is InChI=1S/C17H18Cl2N4O/c1-11-4-3-7-23(10-11)16(24)12-8-20-17(21-9-12)22-14-6-2-5-13(18)15(14)19/h2,5-6,8-9,11H,3-4,7,10H2,1H3,(H,20,21,22). The molecule has 7 heteroatoms. The van der Waals surface area contributed by atoms with Crippen molar-refractivity contribution in [2.45, 2.75) is 19.8 Å². The largest absolute Gasteiger partial charge is 0.338 e. The summed E-state index contributed by atoms with van der Waals surface area (Å²) in [6.07, 6.45) is 5.29. The van der Waals surface area contributed by atoms with Crippen molar-refractivity contribution < 1.29 is 4.79 Å². The Kier molecular flexibility index (Phi) is 5.21. The molecule has 0 saturated carbocycles. The van der Waals surface area contributed by atoms with Crippen LogP contribution < -0.4 is 5.32 Å². The monoisotopic (exact) mass is 364 g/mol. The fourth-order valence-corrected chi connectivity index (χ4v) is 3.13. The summed E-state index contributed by atoms with van der Waals surface area (Å²) >= 11 is 12.1. The second-order valence-electron chi connectivity index (χ2n) is 6.02. The van der Waals surface area contributed by atoms with Crippen molar-refractivity contribution in [2.75, 3.05) is 18.4 Å². The van der Waals surface area contributed by atoms with Crippen molar-refractivity contribution in [1.82, 2.24) is 14.9 Å². The summed E-state index contributed by atoms with van der Waals surface area (Å²) in [5, 5.41) is 3.86. The Labute approximate surface area is 151 Å². The molecule has 24 heavy (non-hydrogen) atoms. The van der Waals surface area contributed by atoms with E-state index in [9.17, 15) is 4.79 Å². The number of rotatable bonds is 3. The van der Waals surface area contributed by atoms with Gasteiger partial charge >= 0.3 is 0 Å². The van der Waals surface area contributed by atoms with Crippen LogP contribution in [0.4, 0.5) is 11.6 Å². The van der Waals surface area contributed by atoms with Crippen LogP contribution in [0.3, 0.4) is 0 Å². The van der Waals surface area contributed by atoms with Gasteiger partial charge in [0.1, 0.15) is 0 Å². The quantitative estimate of drug-likeness (QED) is 0.876. The van der Waals surface area contributed by atoms with Crippen LogP contribution in [0, 0.1) is 5.92 Å². The zero-order valence-electron chi connectivity index (χ0n) is 13.3. The number of carbonyl (C=O) groups excluding carboxylic acids is 1. The summed E-state index contributed by atoms with van der Waals surface area (Å²) in [4.78, 5) is 22.8. The van der Waals surface area contributed by atoms with Crippen LogP contribution in [0.25, 0.3) is 0 Å². The molecule has 3 rings (SSSR count). The maximum Gasteiger partial charge on any atom is 0.257 e. The normalized spacial score (nSPS) is 17.6. The molecule has 126 valence electrons. The number of aromatic nitrogens is 2. The van der Waals surface area contributed by atoms with E-state index < -0.39 is 0 Å². The molecule has 1 aliphatic rings. The Bertz CT molecular complexity index is 736. The highest BCUT2D eigenvalue weighted by Crippen LogP contribution is 2.30. The number of amides is 1. The zero-order valence-corrected chi connectivity index (χ0v) is 14.8. The van der Waals surface area contributed by atoms with Gasteiger partial charge in [0.05, 0.1) is 21.3 Å². The number of halogens is 2. The van der Waals surface area contributed by atoms with Gasteiger partial charge in [0, 0.05) is 25.5 Å². The van der Waals surface area contributed by atoms with Crippen molar-refractivity contribution in [3.8, 4) is 0 Å². The molecule has 0 aliphatic carbocycles. The van der Waals surface area contributed by atoms with Crippen LogP contribution in [-0.4, -0.2) is 33.9 Å². The zero-order chi connectivity index (χ0) is 17.1. The van der Waals surface area contributed by atoms with E-state index >= 15 is 0 Å². The van der Waals surface area contributed by atoms with E-state index in [1.165, 1.54) is 18.8 Å². The first-order valence-corrected chi connectivity index (χ1v) is 8.62. The van der Waals surface area contributed by atoms with Crippen LogP contribution in [0.5, 0.6) is 0 Å². The molecule has 1 saturated heterocycles. The lowest BCUT2D eigenvalue weighted by Crippen LogP contribution is -2.39. The molecule has 1 atom stereocenters. The first-order valence-electron chi connectivity index (χ1n) is 7.87. The Morgan fingerprint density at radius 1 is 1.29 bits per heavy atom. The van der Waals surface area contributed by atoms with Gasteiger partial charge in [0.15, 0.2) is 0 Å². The van der Waals surface area contributed by atoms with Crippen LogP contribution in [0.1, 0.15) is 30.1 Å². The molecule has 2 aromatic rings. The second kappa shape index (κ2) is 7.36. The molecular weight excluding hydrogens is 347 g/mol. The molecule has 1 amide bonds. The summed E-state index contributed by atoms with van der Waals surface area (Å²) in [6, 6.07) is 5.27. The lowest BCUT2D eigenvalue weighted by molar-refractivity contribution is 0.0682. The molecule has 1 N–H and O–H groups in total. The van der Waals surface area contributed by atoms with Gasteiger partial charge in [-0.3, -0.25) is 4.79 Å². The van der Waals surface area contributed by atoms with E-state index in [-0.39, 0.29) is 5.91 Å². The number of hydrogen-bond donors (Lipinski definition) is 1. The predicted octanol–water partition coefficient (Wildman–Crippen LogP) is 4.40. The number of likely N-dealkylation sites (tertiary alicyclic amines) is 1. The van der Waals surface area contributed by atoms with Gasteiger partial charge in [-0.05, 0) is 30.9 Å². The number of piperidine rings is 1. The average Bonchev–Trinajstić information content (AvgIpc) is 2.59. The van der Waals surface area contributed by atoms with Crippen molar-refractivity contribution in [1.29, 1.82) is 0 Å². The SMILES string of the molecule is CC1CCCN(C(=O)c2cnc(Nc3cccc(Cl)c3Cl)nc2)C1. The third kappa shape index (κ3) is 3.79. The van der Waals surface area contributed by atoms with Gasteiger partial charge in [-0.15, -0.1) is 0 Å². The number of nitrogens with one attached hydrogen (secondary N) is 1. The van der Waals surface area contributed by atoms with E-state index in [0.29, 0.717) is 33.2 Å². The topological polar surface area (TPSA) is 58.1 Å². The molecule has 1 unspecified atom stereocenters. The number of benzene rings is 1. The Balaban J connectivity index is 1.71. The third-order valence-corrected chi connectivity index (χ3v) is 4.86. The number of carbonyl (C=O) groups is 1. The van der Waals surface area contributed by atoms with Crippen LogP contribution in [0.2, 0.25) is 10.0 Å². The fourth-order valence-electron chi connectivity index (χ4n) is 2.78. The van der Waals surface area contributed by atoms with Gasteiger partial charge in [-0.25, -0.2) is 9.97 Å². The maximum absolute atomic E-state index is 12.5. The molecule has 1 aromatic carbocycles. The summed E-state index contributed by atoms with van der Waals surface area (Å²) in [6.45, 7) is 3.75. The molecule has 0 bridgehead atoms. The highest BCUT2D eigenvalue weighted by molar-refractivity contribution is 6.43. The molecule has 1 aliphatic heterocycles. The predicted molar refractivity (Wildman–Crippen MR) is 96.1 cm³/mol. The molecule has 1 fully saturated rings. The van der Waals surface area contributed by atoms with Crippen molar-refractivity contribution in [3.05, 3.63) is 46.2 Å². The minimum Gasteiger partial charge on any atom is -0.338 e. The van der Waals surface area contributed by atoms with Gasteiger partial charge in [-0.1, -0.05) is 36.2 Å². The number of nitrogens with zero attached hydrogens (tertiary/aromatic N) is 3. The third-order valence-electron chi connectivity index (χ3n) is 4.04. The van der Waals surface area contributed by atoms with E-state index in [0.717, 1.165) is 19.5 Å². The minimum absolute atomic E-state index is 0.0195. The fraction of sp³-hybridized carbons (Fsp3) is 0.353. The van der Waals surface area contributed by atoms with Crippen molar-refractivity contribution >= 4 is 40.7 Å². The molecule has 5 nitrogen and oxygen atoms in total. The van der Waals surface area contributed by atoms with Gasteiger partial charge in [0.2, 0.25) is 5.95 Å². The second-order valence-corrected chi connectivity index (χ2v) is 6.81. The van der Waals surface area contributed by atoms with Gasteiger partial charge in [0.25, 0.3) is 5.91 Å². The molecule has 1 aromatic heterocycles. The number of anilines is 2. The lowest BCUT2D eigenvalue weighted by Gasteiger charge is -2.30. The highest BCUT2D eigenvalue weighted by Gasteiger charge is 2.22. The lowest BCUT2D eigenvalue weighted by atomic mass is 10.00. The van der Waals surface area contributed by atoms with Gasteiger partial charge < -0.3 is 10.2 Å². The van der Waals surface area contributed by atoms with Gasteiger partial charge in [-0.2, -0.15) is 0 Å². The molecular formula is C17H18Cl2N4O. The van der Waals surface area contributed by atoms with Crippen LogP contribution >= 0.6 is 23.2 Å². The maximum atomic E-state index is 12.5. The van der Waals surface area contributed by atoms with Crippen LogP contribution in [0.15, 0.2) is 30.6 Å². The van der Waals surface area contributed by atoms with E-state index in [4.69, 9.17) is 23.2 Å². The number of hydrogen-bond acceptors (Lipinski definition) is 4. The molecule has 2 heterocycles. The first-order chi connectivity index (χ1) is 11.5. The highest BCUT2D eigenvalue weighted by atomic mass is 35.5. The smallest absolute Gasteiger partial charge is 0.257 e. The summed E-state index contributed by atoms with van der Waals surface area (Å²) in [5.41, 5.74) is 1.11. The molecule has 0 radical (unpaired) electrons. The first kappa shape index (κ1) is 17.0. The molecule has 0 spiro atoms. The Morgan fingerprint density at radius 2 is 2.04 bits per heavy atom. The Hall–Kier alpha value is -1.85. The summed E-state index contributed by atoms with van der Waals surface area (Å²) in [7, 11) is 0. The average molecular weight is 365 g/mol. The van der Waals surface area contributed by atoms with Crippen LogP contribution in [-0.2, 0) is 0 Å². The van der Waals surface area contributed by atoms with E-state index in [1.807, 2.05) is 4.90 Å². The minimum atomic E-state index is -0.0195. The van der Waals surface area contributed by atoms with E-state index in [2.05, 4.69) is 22.2 Å². The van der Waals surface area contributed by atoms with Crippen molar-refractivity contribution in [2.24, 2.45) is 5.92 Å². The summed E-state index contributed by atoms with van der Waals surface area (Å²) in [5.74, 6) is 0.881.